The van der Waals surface area contributed by atoms with E-state index in [-0.39, 0.29) is 0 Å². The van der Waals surface area contributed by atoms with Crippen LogP contribution in [-0.2, 0) is 23.0 Å². The van der Waals surface area contributed by atoms with Crippen molar-refractivity contribution in [2.24, 2.45) is 5.92 Å². The van der Waals surface area contributed by atoms with E-state index in [1.54, 1.807) is 13.1 Å². The van der Waals surface area contributed by atoms with Crippen LogP contribution >= 0.6 is 0 Å². The second-order valence-electron chi connectivity index (χ2n) is 5.84. The fourth-order valence-electron chi connectivity index (χ4n) is 2.17. The zero-order valence-electron chi connectivity index (χ0n) is 13.8. The number of sulfonamides is 1. The molecule has 1 N–H and O–H groups in total. The third kappa shape index (κ3) is 4.80. The summed E-state index contributed by atoms with van der Waals surface area (Å²) in [7, 11) is 0.114. The Morgan fingerprint density at radius 3 is 2.48 bits per heavy atom. The SMILES string of the molecule is CCc1ccc(CNC)cc1S(=O)(=O)N(C)CCC(C)C. The lowest BCUT2D eigenvalue weighted by Crippen LogP contribution is -2.29. The minimum Gasteiger partial charge on any atom is -0.316 e. The van der Waals surface area contributed by atoms with Gasteiger partial charge in [0.05, 0.1) is 4.90 Å². The molecule has 1 rings (SSSR count). The summed E-state index contributed by atoms with van der Waals surface area (Å²) in [6.07, 6.45) is 1.58. The van der Waals surface area contributed by atoms with Gasteiger partial charge in [0.15, 0.2) is 0 Å². The molecular formula is C16H28N2O2S. The van der Waals surface area contributed by atoms with Gasteiger partial charge in [0.25, 0.3) is 0 Å². The molecule has 21 heavy (non-hydrogen) atoms. The van der Waals surface area contributed by atoms with Crippen LogP contribution in [0.15, 0.2) is 23.1 Å². The Labute approximate surface area is 129 Å². The van der Waals surface area contributed by atoms with E-state index >= 15 is 0 Å². The average Bonchev–Trinajstić information content (AvgIpc) is 2.44. The Morgan fingerprint density at radius 1 is 1.29 bits per heavy atom. The summed E-state index contributed by atoms with van der Waals surface area (Å²) in [6.45, 7) is 7.42. The van der Waals surface area contributed by atoms with Crippen molar-refractivity contribution < 1.29 is 8.42 Å². The van der Waals surface area contributed by atoms with Gasteiger partial charge >= 0.3 is 0 Å². The molecule has 1 aromatic rings. The van der Waals surface area contributed by atoms with Crippen molar-refractivity contribution in [3.8, 4) is 0 Å². The van der Waals surface area contributed by atoms with Crippen molar-refractivity contribution in [1.29, 1.82) is 0 Å². The molecule has 1 aromatic carbocycles. The standard InChI is InChI=1S/C16H28N2O2S/c1-6-15-8-7-14(12-17-4)11-16(15)21(19,20)18(5)10-9-13(2)3/h7-8,11,13,17H,6,9-10,12H2,1-5H3. The lowest BCUT2D eigenvalue weighted by Gasteiger charge is -2.20. The number of aryl methyl sites for hydroxylation is 1. The molecule has 0 atom stereocenters. The van der Waals surface area contributed by atoms with Crippen LogP contribution in [0.1, 0.15) is 38.3 Å². The quantitative estimate of drug-likeness (QED) is 0.803. The molecular weight excluding hydrogens is 284 g/mol. The van der Waals surface area contributed by atoms with Gasteiger partial charge in [0.1, 0.15) is 0 Å². The van der Waals surface area contributed by atoms with Gasteiger partial charge in [-0.25, -0.2) is 12.7 Å². The fourth-order valence-corrected chi connectivity index (χ4v) is 3.70. The summed E-state index contributed by atoms with van der Waals surface area (Å²) in [5, 5.41) is 3.06. The van der Waals surface area contributed by atoms with Crippen LogP contribution in [-0.4, -0.2) is 33.4 Å². The molecule has 0 saturated carbocycles. The van der Waals surface area contributed by atoms with E-state index < -0.39 is 10.0 Å². The monoisotopic (exact) mass is 312 g/mol. The predicted molar refractivity (Wildman–Crippen MR) is 87.9 cm³/mol. The van der Waals surface area contributed by atoms with Crippen LogP contribution < -0.4 is 5.32 Å². The normalized spacial score (nSPS) is 12.3. The summed E-state index contributed by atoms with van der Waals surface area (Å²) in [6, 6.07) is 5.72. The van der Waals surface area contributed by atoms with Crippen molar-refractivity contribution in [1.82, 2.24) is 9.62 Å². The molecule has 0 aliphatic carbocycles. The maximum Gasteiger partial charge on any atom is 0.243 e. The summed E-state index contributed by atoms with van der Waals surface area (Å²) in [4.78, 5) is 0.448. The zero-order valence-corrected chi connectivity index (χ0v) is 14.6. The molecule has 0 fully saturated rings. The molecule has 0 aliphatic rings. The van der Waals surface area contributed by atoms with Crippen LogP contribution in [0.5, 0.6) is 0 Å². The summed E-state index contributed by atoms with van der Waals surface area (Å²) in [5.41, 5.74) is 1.87. The van der Waals surface area contributed by atoms with Gasteiger partial charge in [0.2, 0.25) is 10.0 Å². The molecule has 4 nitrogen and oxygen atoms in total. The highest BCUT2D eigenvalue weighted by Gasteiger charge is 2.23. The maximum atomic E-state index is 12.8. The number of benzene rings is 1. The minimum absolute atomic E-state index is 0.448. The van der Waals surface area contributed by atoms with Crippen LogP contribution in [0.3, 0.4) is 0 Å². The molecule has 5 heteroatoms. The van der Waals surface area contributed by atoms with Gasteiger partial charge < -0.3 is 5.32 Å². The number of nitrogens with zero attached hydrogens (tertiary/aromatic N) is 1. The van der Waals surface area contributed by atoms with Crippen molar-refractivity contribution in [3.63, 3.8) is 0 Å². The maximum absolute atomic E-state index is 12.8. The van der Waals surface area contributed by atoms with Gasteiger partial charge in [-0.15, -0.1) is 0 Å². The number of nitrogens with one attached hydrogen (secondary N) is 1. The third-order valence-electron chi connectivity index (χ3n) is 3.60. The Bertz CT molecular complexity index is 553. The minimum atomic E-state index is -3.41. The first-order chi connectivity index (χ1) is 9.82. The topological polar surface area (TPSA) is 49.4 Å². The number of hydrogen-bond donors (Lipinski definition) is 1. The molecule has 0 saturated heterocycles. The second kappa shape index (κ2) is 7.92. The van der Waals surface area contributed by atoms with E-state index in [9.17, 15) is 8.42 Å². The molecule has 0 amide bonds. The zero-order chi connectivity index (χ0) is 16.0. The van der Waals surface area contributed by atoms with Gasteiger partial charge in [0, 0.05) is 20.1 Å². The third-order valence-corrected chi connectivity index (χ3v) is 5.54. The van der Waals surface area contributed by atoms with E-state index in [0.29, 0.717) is 30.3 Å². The Hall–Kier alpha value is -0.910. The van der Waals surface area contributed by atoms with Crippen LogP contribution in [0.25, 0.3) is 0 Å². The van der Waals surface area contributed by atoms with E-state index in [0.717, 1.165) is 17.5 Å². The van der Waals surface area contributed by atoms with E-state index in [1.165, 1.54) is 4.31 Å². The first kappa shape index (κ1) is 18.1. The Kier molecular flexibility index (Phi) is 6.84. The van der Waals surface area contributed by atoms with Gasteiger partial charge in [-0.3, -0.25) is 0 Å². The lowest BCUT2D eigenvalue weighted by molar-refractivity contribution is 0.427. The largest absolute Gasteiger partial charge is 0.316 e. The number of hydrogen-bond acceptors (Lipinski definition) is 3. The highest BCUT2D eigenvalue weighted by molar-refractivity contribution is 7.89. The van der Waals surface area contributed by atoms with Gasteiger partial charge in [-0.2, -0.15) is 0 Å². The van der Waals surface area contributed by atoms with Crippen LogP contribution in [0.2, 0.25) is 0 Å². The summed E-state index contributed by atoms with van der Waals surface area (Å²) < 4.78 is 27.0. The van der Waals surface area contributed by atoms with Gasteiger partial charge in [-0.05, 0) is 43.0 Å². The fraction of sp³-hybridized carbons (Fsp3) is 0.625. The van der Waals surface area contributed by atoms with Gasteiger partial charge in [-0.1, -0.05) is 32.9 Å². The van der Waals surface area contributed by atoms with E-state index in [4.69, 9.17) is 0 Å². The van der Waals surface area contributed by atoms with Crippen molar-refractivity contribution >= 4 is 10.0 Å². The molecule has 0 bridgehead atoms. The Balaban J connectivity index is 3.12. The molecule has 0 heterocycles. The van der Waals surface area contributed by atoms with Crippen molar-refractivity contribution in [3.05, 3.63) is 29.3 Å². The van der Waals surface area contributed by atoms with Crippen LogP contribution in [0.4, 0.5) is 0 Å². The predicted octanol–water partition coefficient (Wildman–Crippen LogP) is 2.64. The second-order valence-corrected chi connectivity index (χ2v) is 7.85. The Morgan fingerprint density at radius 2 is 1.95 bits per heavy atom. The van der Waals surface area contributed by atoms with Crippen LogP contribution in [0, 0.1) is 5.92 Å². The first-order valence-corrected chi connectivity index (χ1v) is 8.99. The highest BCUT2D eigenvalue weighted by atomic mass is 32.2. The average molecular weight is 312 g/mol. The summed E-state index contributed by atoms with van der Waals surface area (Å²) in [5.74, 6) is 0.490. The molecule has 0 spiro atoms. The molecule has 0 unspecified atom stereocenters. The molecule has 0 aromatic heterocycles. The highest BCUT2D eigenvalue weighted by Crippen LogP contribution is 2.22. The number of rotatable bonds is 8. The molecule has 0 aliphatic heterocycles. The van der Waals surface area contributed by atoms with E-state index in [2.05, 4.69) is 19.2 Å². The smallest absolute Gasteiger partial charge is 0.243 e. The van der Waals surface area contributed by atoms with Crippen molar-refractivity contribution in [2.45, 2.75) is 45.1 Å². The molecule has 0 radical (unpaired) electrons. The lowest BCUT2D eigenvalue weighted by atomic mass is 10.1. The summed E-state index contributed by atoms with van der Waals surface area (Å²) >= 11 is 0. The molecule has 120 valence electrons. The van der Waals surface area contributed by atoms with E-state index in [1.807, 2.05) is 26.1 Å². The first-order valence-electron chi connectivity index (χ1n) is 7.55. The van der Waals surface area contributed by atoms with Crippen molar-refractivity contribution in [2.75, 3.05) is 20.6 Å².